The molecule has 2 unspecified atom stereocenters. The number of hydrogen-bond acceptors (Lipinski definition) is 8. The van der Waals surface area contributed by atoms with E-state index in [9.17, 15) is 19.2 Å². The predicted octanol–water partition coefficient (Wildman–Crippen LogP) is 0.117. The molecule has 0 radical (unpaired) electrons. The normalized spacial score (nSPS) is 13.7. The molecule has 0 aromatic carbocycles. The van der Waals surface area contributed by atoms with Crippen molar-refractivity contribution >= 4 is 23.8 Å². The first-order valence-electron chi connectivity index (χ1n) is 10.1. The number of rotatable bonds is 11. The first-order valence-corrected chi connectivity index (χ1v) is 10.1. The number of carbonyl (C=O) groups is 4. The maximum atomic E-state index is 12.0. The number of nitrogens with two attached hydrogens (primary N) is 2. The SMILES string of the molecule is CC(C)(C)OC(=O)CCCNC(=O)C(N)C(N)C(=O)NCCCC(=O)OC(C)(C)C. The summed E-state index contributed by atoms with van der Waals surface area (Å²) in [6.07, 6.45) is 1.05. The topological polar surface area (TPSA) is 163 Å². The van der Waals surface area contributed by atoms with Crippen molar-refractivity contribution < 1.29 is 28.7 Å². The zero-order valence-electron chi connectivity index (χ0n) is 19.0. The van der Waals surface area contributed by atoms with Gasteiger partial charge in [-0.2, -0.15) is 0 Å². The van der Waals surface area contributed by atoms with Crippen LogP contribution in [0.25, 0.3) is 0 Å². The highest BCUT2D eigenvalue weighted by atomic mass is 16.6. The largest absolute Gasteiger partial charge is 0.460 e. The van der Waals surface area contributed by atoms with Gasteiger partial charge in [0.15, 0.2) is 0 Å². The summed E-state index contributed by atoms with van der Waals surface area (Å²) < 4.78 is 10.3. The minimum absolute atomic E-state index is 0.150. The summed E-state index contributed by atoms with van der Waals surface area (Å²) in [6, 6.07) is -2.48. The Morgan fingerprint density at radius 3 is 1.27 bits per heavy atom. The van der Waals surface area contributed by atoms with Gasteiger partial charge in [-0.15, -0.1) is 0 Å². The molecule has 0 spiro atoms. The van der Waals surface area contributed by atoms with Crippen molar-refractivity contribution in [3.05, 3.63) is 0 Å². The van der Waals surface area contributed by atoms with Gasteiger partial charge in [0.1, 0.15) is 23.3 Å². The van der Waals surface area contributed by atoms with E-state index in [-0.39, 0.29) is 37.9 Å². The minimum atomic E-state index is -1.24. The maximum Gasteiger partial charge on any atom is 0.306 e. The smallest absolute Gasteiger partial charge is 0.306 e. The Balaban J connectivity index is 4.12. The lowest BCUT2D eigenvalue weighted by atomic mass is 10.1. The van der Waals surface area contributed by atoms with Crippen molar-refractivity contribution in [2.45, 2.75) is 90.5 Å². The molecule has 0 saturated carbocycles. The molecule has 0 aliphatic rings. The zero-order valence-corrected chi connectivity index (χ0v) is 19.0. The van der Waals surface area contributed by atoms with Crippen LogP contribution in [-0.2, 0) is 28.7 Å². The molecule has 0 aliphatic carbocycles. The molecule has 2 amide bonds. The van der Waals surface area contributed by atoms with Crippen LogP contribution in [0, 0.1) is 0 Å². The van der Waals surface area contributed by atoms with Crippen molar-refractivity contribution in [3.63, 3.8) is 0 Å². The van der Waals surface area contributed by atoms with Gasteiger partial charge in [-0.25, -0.2) is 0 Å². The van der Waals surface area contributed by atoms with E-state index in [1.54, 1.807) is 41.5 Å². The Hall–Kier alpha value is -2.20. The van der Waals surface area contributed by atoms with Gasteiger partial charge in [-0.05, 0) is 54.4 Å². The molecule has 30 heavy (non-hydrogen) atoms. The van der Waals surface area contributed by atoms with E-state index in [1.165, 1.54) is 0 Å². The van der Waals surface area contributed by atoms with E-state index in [4.69, 9.17) is 20.9 Å². The summed E-state index contributed by atoms with van der Waals surface area (Å²) in [5, 5.41) is 5.09. The van der Waals surface area contributed by atoms with E-state index in [0.29, 0.717) is 12.8 Å². The maximum absolute atomic E-state index is 12.0. The molecule has 6 N–H and O–H groups in total. The number of esters is 2. The van der Waals surface area contributed by atoms with Gasteiger partial charge in [0.2, 0.25) is 11.8 Å². The van der Waals surface area contributed by atoms with Gasteiger partial charge in [0.25, 0.3) is 0 Å². The molecule has 0 aliphatic heterocycles. The third-order valence-corrected chi connectivity index (χ3v) is 3.55. The summed E-state index contributed by atoms with van der Waals surface area (Å²) in [4.78, 5) is 47.3. The lowest BCUT2D eigenvalue weighted by Gasteiger charge is -2.20. The van der Waals surface area contributed by atoms with Crippen molar-refractivity contribution in [3.8, 4) is 0 Å². The molecule has 2 atom stereocenters. The number of nitrogens with one attached hydrogen (secondary N) is 2. The van der Waals surface area contributed by atoms with Gasteiger partial charge < -0.3 is 31.6 Å². The highest BCUT2D eigenvalue weighted by molar-refractivity contribution is 5.92. The molecule has 0 saturated heterocycles. The van der Waals surface area contributed by atoms with E-state index in [2.05, 4.69) is 10.6 Å². The third-order valence-electron chi connectivity index (χ3n) is 3.55. The number of amides is 2. The fraction of sp³-hybridized carbons (Fsp3) is 0.800. The first-order chi connectivity index (χ1) is 13.6. The Kier molecular flexibility index (Phi) is 11.6. The second-order valence-electron chi connectivity index (χ2n) is 9.01. The Morgan fingerprint density at radius 2 is 1.00 bits per heavy atom. The molecule has 0 fully saturated rings. The average Bonchev–Trinajstić information content (AvgIpc) is 2.57. The Labute approximate surface area is 178 Å². The summed E-state index contributed by atoms with van der Waals surface area (Å²) in [7, 11) is 0. The van der Waals surface area contributed by atoms with E-state index in [0.717, 1.165) is 0 Å². The van der Waals surface area contributed by atoms with Crippen LogP contribution in [0.1, 0.15) is 67.2 Å². The zero-order chi connectivity index (χ0) is 23.5. The van der Waals surface area contributed by atoms with Gasteiger partial charge in [-0.1, -0.05) is 0 Å². The quantitative estimate of drug-likeness (QED) is 0.265. The van der Waals surface area contributed by atoms with E-state index < -0.39 is 35.1 Å². The number of ether oxygens (including phenoxy) is 2. The van der Waals surface area contributed by atoms with Gasteiger partial charge >= 0.3 is 11.9 Å². The molecular formula is C20H38N4O6. The second-order valence-corrected chi connectivity index (χ2v) is 9.01. The summed E-state index contributed by atoms with van der Waals surface area (Å²) in [5.74, 6) is -1.89. The molecule has 0 aromatic heterocycles. The standard InChI is InChI=1S/C20H38N4O6/c1-19(2,3)29-13(25)9-7-11-23-17(27)15(21)16(22)18(28)24-12-8-10-14(26)30-20(4,5)6/h15-16H,7-12,21-22H2,1-6H3,(H,23,27)(H,24,28). The van der Waals surface area contributed by atoms with Gasteiger partial charge in [-0.3, -0.25) is 19.2 Å². The lowest BCUT2D eigenvalue weighted by Crippen LogP contribution is -2.58. The Bertz CT molecular complexity index is 543. The molecule has 0 heterocycles. The van der Waals surface area contributed by atoms with Gasteiger partial charge in [0, 0.05) is 25.9 Å². The monoisotopic (exact) mass is 430 g/mol. The van der Waals surface area contributed by atoms with E-state index >= 15 is 0 Å². The molecule has 10 heteroatoms. The van der Waals surface area contributed by atoms with Crippen molar-refractivity contribution in [2.75, 3.05) is 13.1 Å². The molecule has 174 valence electrons. The minimum Gasteiger partial charge on any atom is -0.460 e. The van der Waals surface area contributed by atoms with Gasteiger partial charge in [0.05, 0.1) is 0 Å². The summed E-state index contributed by atoms with van der Waals surface area (Å²) in [6.45, 7) is 11.0. The fourth-order valence-electron chi connectivity index (χ4n) is 2.24. The summed E-state index contributed by atoms with van der Waals surface area (Å²) >= 11 is 0. The third kappa shape index (κ3) is 13.9. The second kappa shape index (κ2) is 12.5. The molecule has 0 aromatic rings. The average molecular weight is 431 g/mol. The van der Waals surface area contributed by atoms with Crippen LogP contribution in [-0.4, -0.2) is 60.1 Å². The van der Waals surface area contributed by atoms with Crippen LogP contribution in [0.3, 0.4) is 0 Å². The van der Waals surface area contributed by atoms with Crippen LogP contribution in [0.15, 0.2) is 0 Å². The number of hydrogen-bond donors (Lipinski definition) is 4. The van der Waals surface area contributed by atoms with Crippen molar-refractivity contribution in [1.82, 2.24) is 10.6 Å². The predicted molar refractivity (Wildman–Crippen MR) is 112 cm³/mol. The van der Waals surface area contributed by atoms with Crippen molar-refractivity contribution in [2.24, 2.45) is 11.5 Å². The van der Waals surface area contributed by atoms with Crippen LogP contribution < -0.4 is 22.1 Å². The van der Waals surface area contributed by atoms with Crippen LogP contribution in [0.4, 0.5) is 0 Å². The number of carbonyl (C=O) groups excluding carboxylic acids is 4. The summed E-state index contributed by atoms with van der Waals surface area (Å²) in [5.41, 5.74) is 10.4. The highest BCUT2D eigenvalue weighted by Gasteiger charge is 2.27. The van der Waals surface area contributed by atoms with Crippen molar-refractivity contribution in [1.29, 1.82) is 0 Å². The fourth-order valence-corrected chi connectivity index (χ4v) is 2.24. The molecule has 0 rings (SSSR count). The highest BCUT2D eigenvalue weighted by Crippen LogP contribution is 2.09. The molecule has 0 bridgehead atoms. The van der Waals surface area contributed by atoms with Crippen LogP contribution in [0.5, 0.6) is 0 Å². The van der Waals surface area contributed by atoms with Crippen LogP contribution >= 0.6 is 0 Å². The first kappa shape index (κ1) is 27.8. The van der Waals surface area contributed by atoms with Crippen LogP contribution in [0.2, 0.25) is 0 Å². The Morgan fingerprint density at radius 1 is 0.700 bits per heavy atom. The molecular weight excluding hydrogens is 392 g/mol. The lowest BCUT2D eigenvalue weighted by molar-refractivity contribution is -0.156. The molecule has 10 nitrogen and oxygen atoms in total. The van der Waals surface area contributed by atoms with E-state index in [1.807, 2.05) is 0 Å².